The van der Waals surface area contributed by atoms with Gasteiger partial charge >= 0.3 is 12.0 Å². The van der Waals surface area contributed by atoms with E-state index in [2.05, 4.69) is 5.32 Å². The molecule has 1 aliphatic heterocycles. The van der Waals surface area contributed by atoms with Gasteiger partial charge < -0.3 is 20.1 Å². The van der Waals surface area contributed by atoms with E-state index in [4.69, 9.17) is 21.4 Å². The van der Waals surface area contributed by atoms with Crippen molar-refractivity contribution in [2.24, 2.45) is 0 Å². The molecule has 2 rings (SSSR count). The first-order chi connectivity index (χ1) is 9.81. The third-order valence-corrected chi connectivity index (χ3v) is 3.58. The number of carbonyl (C=O) groups excluding carboxylic acids is 1. The fraction of sp³-hybridized carbons (Fsp3) is 0.429. The van der Waals surface area contributed by atoms with Gasteiger partial charge in [-0.25, -0.2) is 9.59 Å². The van der Waals surface area contributed by atoms with Gasteiger partial charge in [-0.15, -0.1) is 0 Å². The number of amides is 2. The number of rotatable bonds is 2. The van der Waals surface area contributed by atoms with E-state index in [0.717, 1.165) is 0 Å². The smallest absolute Gasteiger partial charge is 0.337 e. The van der Waals surface area contributed by atoms with Crippen LogP contribution in [0, 0.1) is 0 Å². The zero-order chi connectivity index (χ0) is 15.6. The summed E-state index contributed by atoms with van der Waals surface area (Å²) in [5.74, 6) is -1.12. The number of hydrogen-bond acceptors (Lipinski definition) is 3. The van der Waals surface area contributed by atoms with Crippen molar-refractivity contribution in [3.05, 3.63) is 28.8 Å². The molecule has 0 spiro atoms. The van der Waals surface area contributed by atoms with E-state index in [1.807, 2.05) is 13.8 Å². The van der Waals surface area contributed by atoms with Gasteiger partial charge in [0.2, 0.25) is 0 Å². The fourth-order valence-electron chi connectivity index (χ4n) is 2.22. The molecule has 0 aliphatic carbocycles. The first-order valence-electron chi connectivity index (χ1n) is 6.50. The maximum absolute atomic E-state index is 12.4. The van der Waals surface area contributed by atoms with Crippen LogP contribution in [0.25, 0.3) is 0 Å². The van der Waals surface area contributed by atoms with Crippen LogP contribution in [0.5, 0.6) is 0 Å². The van der Waals surface area contributed by atoms with E-state index in [9.17, 15) is 9.59 Å². The lowest BCUT2D eigenvalue weighted by atomic mass is 10.0. The average molecular weight is 313 g/mol. The highest BCUT2D eigenvalue weighted by molar-refractivity contribution is 6.31. The maximum Gasteiger partial charge on any atom is 0.337 e. The van der Waals surface area contributed by atoms with Crippen LogP contribution in [0.2, 0.25) is 5.02 Å². The minimum Gasteiger partial charge on any atom is -0.478 e. The lowest BCUT2D eigenvalue weighted by Gasteiger charge is -2.41. The van der Waals surface area contributed by atoms with Crippen LogP contribution < -0.4 is 5.32 Å². The molecule has 114 valence electrons. The second-order valence-electron chi connectivity index (χ2n) is 5.44. The van der Waals surface area contributed by atoms with Gasteiger partial charge in [-0.2, -0.15) is 0 Å². The van der Waals surface area contributed by atoms with Gasteiger partial charge in [0.05, 0.1) is 30.0 Å². The minimum atomic E-state index is -1.12. The number of carboxylic acids is 1. The number of ether oxygens (including phenoxy) is 1. The molecule has 2 amide bonds. The Bertz CT molecular complexity index is 574. The second kappa shape index (κ2) is 5.91. The summed E-state index contributed by atoms with van der Waals surface area (Å²) in [5, 5.41) is 12.1. The van der Waals surface area contributed by atoms with Crippen molar-refractivity contribution in [2.75, 3.05) is 25.1 Å². The number of nitrogens with zero attached hydrogens (tertiary/aromatic N) is 1. The van der Waals surface area contributed by atoms with Crippen LogP contribution >= 0.6 is 11.6 Å². The summed E-state index contributed by atoms with van der Waals surface area (Å²) in [6.07, 6.45) is 0. The van der Waals surface area contributed by atoms with Crippen LogP contribution in [0.4, 0.5) is 10.5 Å². The molecule has 0 radical (unpaired) electrons. The summed E-state index contributed by atoms with van der Waals surface area (Å²) in [4.78, 5) is 25.2. The molecule has 21 heavy (non-hydrogen) atoms. The van der Waals surface area contributed by atoms with Crippen LogP contribution in [0.15, 0.2) is 18.2 Å². The zero-order valence-corrected chi connectivity index (χ0v) is 12.6. The van der Waals surface area contributed by atoms with E-state index in [1.165, 1.54) is 18.2 Å². The van der Waals surface area contributed by atoms with Crippen molar-refractivity contribution in [3.63, 3.8) is 0 Å². The molecule has 6 nitrogen and oxygen atoms in total. The molecule has 7 heteroatoms. The van der Waals surface area contributed by atoms with E-state index >= 15 is 0 Å². The standard InChI is InChI=1S/C14H17ClN2O4/c1-14(2)8-21-6-5-17(14)13(20)16-11-7-9(15)3-4-10(11)12(18)19/h3-4,7H,5-6,8H2,1-2H3,(H,16,20)(H,18,19). The highest BCUT2D eigenvalue weighted by Gasteiger charge is 2.34. The highest BCUT2D eigenvalue weighted by Crippen LogP contribution is 2.24. The Hall–Kier alpha value is -1.79. The number of carboxylic acid groups (broad SMARTS) is 1. The number of nitrogens with one attached hydrogen (secondary N) is 1. The Kier molecular flexibility index (Phi) is 4.39. The van der Waals surface area contributed by atoms with Crippen LogP contribution in [-0.4, -0.2) is 47.3 Å². The summed E-state index contributed by atoms with van der Waals surface area (Å²) in [6.45, 7) is 5.12. The van der Waals surface area contributed by atoms with Crippen molar-refractivity contribution in [2.45, 2.75) is 19.4 Å². The molecule has 1 fully saturated rings. The zero-order valence-electron chi connectivity index (χ0n) is 11.9. The van der Waals surface area contributed by atoms with Gasteiger partial charge in [0.1, 0.15) is 0 Å². The van der Waals surface area contributed by atoms with Crippen molar-refractivity contribution < 1.29 is 19.4 Å². The maximum atomic E-state index is 12.4. The number of morpholine rings is 1. The molecule has 1 saturated heterocycles. The molecule has 0 bridgehead atoms. The highest BCUT2D eigenvalue weighted by atomic mass is 35.5. The number of benzene rings is 1. The SMILES string of the molecule is CC1(C)COCCN1C(=O)Nc1cc(Cl)ccc1C(=O)O. The van der Waals surface area contributed by atoms with Gasteiger partial charge in [-0.3, -0.25) is 0 Å². The first kappa shape index (κ1) is 15.6. The molecule has 1 heterocycles. The summed E-state index contributed by atoms with van der Waals surface area (Å²) in [6, 6.07) is 3.90. The van der Waals surface area contributed by atoms with E-state index in [1.54, 1.807) is 4.90 Å². The number of anilines is 1. The van der Waals surface area contributed by atoms with E-state index in [0.29, 0.717) is 24.8 Å². The van der Waals surface area contributed by atoms with Gasteiger partial charge in [-0.05, 0) is 32.0 Å². The van der Waals surface area contributed by atoms with Crippen LogP contribution in [-0.2, 0) is 4.74 Å². The number of hydrogen-bond donors (Lipinski definition) is 2. The van der Waals surface area contributed by atoms with Gasteiger partial charge in [0.25, 0.3) is 0 Å². The Morgan fingerprint density at radius 3 is 2.76 bits per heavy atom. The van der Waals surface area contributed by atoms with Crippen LogP contribution in [0.1, 0.15) is 24.2 Å². The largest absolute Gasteiger partial charge is 0.478 e. The molecular formula is C14H17ClN2O4. The lowest BCUT2D eigenvalue weighted by molar-refractivity contribution is -0.0249. The third-order valence-electron chi connectivity index (χ3n) is 3.34. The Labute approximate surface area is 127 Å². The Balaban J connectivity index is 2.23. The molecule has 0 atom stereocenters. The molecule has 1 aliphatic rings. The van der Waals surface area contributed by atoms with Crippen molar-refractivity contribution >= 4 is 29.3 Å². The molecule has 0 aromatic heterocycles. The quantitative estimate of drug-likeness (QED) is 0.880. The van der Waals surface area contributed by atoms with Crippen molar-refractivity contribution in [1.29, 1.82) is 0 Å². The monoisotopic (exact) mass is 312 g/mol. The number of carbonyl (C=O) groups is 2. The van der Waals surface area contributed by atoms with E-state index < -0.39 is 11.5 Å². The number of aromatic carboxylic acids is 1. The number of halogens is 1. The number of urea groups is 1. The van der Waals surface area contributed by atoms with Gasteiger partial charge in [0, 0.05) is 11.6 Å². The van der Waals surface area contributed by atoms with Crippen molar-refractivity contribution in [1.82, 2.24) is 4.90 Å². The lowest BCUT2D eigenvalue weighted by Crippen LogP contribution is -2.56. The summed E-state index contributed by atoms with van der Waals surface area (Å²) < 4.78 is 5.36. The van der Waals surface area contributed by atoms with Gasteiger partial charge in [0.15, 0.2) is 0 Å². The molecule has 1 aromatic rings. The minimum absolute atomic E-state index is 0.00110. The van der Waals surface area contributed by atoms with Crippen molar-refractivity contribution in [3.8, 4) is 0 Å². The Morgan fingerprint density at radius 1 is 1.43 bits per heavy atom. The normalized spacial score (nSPS) is 17.4. The van der Waals surface area contributed by atoms with Crippen LogP contribution in [0.3, 0.4) is 0 Å². The Morgan fingerprint density at radius 2 is 2.14 bits per heavy atom. The van der Waals surface area contributed by atoms with E-state index in [-0.39, 0.29) is 17.3 Å². The predicted octanol–water partition coefficient (Wildman–Crippen LogP) is 2.68. The van der Waals surface area contributed by atoms with Gasteiger partial charge in [-0.1, -0.05) is 11.6 Å². The predicted molar refractivity (Wildman–Crippen MR) is 79.0 cm³/mol. The summed E-state index contributed by atoms with van der Waals surface area (Å²) in [7, 11) is 0. The molecule has 0 unspecified atom stereocenters. The fourth-order valence-corrected chi connectivity index (χ4v) is 2.40. The topological polar surface area (TPSA) is 78.9 Å². The summed E-state index contributed by atoms with van der Waals surface area (Å²) >= 11 is 5.87. The first-order valence-corrected chi connectivity index (χ1v) is 6.88. The third kappa shape index (κ3) is 3.46. The molecular weight excluding hydrogens is 296 g/mol. The second-order valence-corrected chi connectivity index (χ2v) is 5.88. The molecule has 1 aromatic carbocycles. The molecule has 0 saturated carbocycles. The summed E-state index contributed by atoms with van der Waals surface area (Å²) in [5.41, 5.74) is -0.272. The molecule has 2 N–H and O–H groups in total. The average Bonchev–Trinajstić information content (AvgIpc) is 2.37.